The van der Waals surface area contributed by atoms with Gasteiger partial charge in [-0.15, -0.1) is 0 Å². The SMILES string of the molecule is CC(C)Cc1nc2c(n1N1CCOCC1)CCNC2. The number of morpholine rings is 1. The van der Waals surface area contributed by atoms with E-state index in [2.05, 4.69) is 28.8 Å². The summed E-state index contributed by atoms with van der Waals surface area (Å²) in [6, 6.07) is 0. The molecule has 0 spiro atoms. The molecule has 0 atom stereocenters. The fourth-order valence-electron chi connectivity index (χ4n) is 2.94. The van der Waals surface area contributed by atoms with Gasteiger partial charge in [0.1, 0.15) is 5.82 Å². The summed E-state index contributed by atoms with van der Waals surface area (Å²) in [6.07, 6.45) is 2.13. The number of nitrogens with one attached hydrogen (secondary N) is 1. The highest BCUT2D eigenvalue weighted by Crippen LogP contribution is 2.19. The van der Waals surface area contributed by atoms with E-state index in [1.165, 1.54) is 17.2 Å². The Balaban J connectivity index is 1.95. The smallest absolute Gasteiger partial charge is 0.128 e. The Kier molecular flexibility index (Phi) is 3.75. The molecule has 106 valence electrons. The molecule has 0 aliphatic carbocycles. The van der Waals surface area contributed by atoms with Gasteiger partial charge in [0, 0.05) is 25.9 Å². The Morgan fingerprint density at radius 2 is 2.11 bits per heavy atom. The first-order valence-electron chi connectivity index (χ1n) is 7.38. The summed E-state index contributed by atoms with van der Waals surface area (Å²) in [6.45, 7) is 10.1. The fourth-order valence-corrected chi connectivity index (χ4v) is 2.94. The maximum Gasteiger partial charge on any atom is 0.128 e. The van der Waals surface area contributed by atoms with Gasteiger partial charge in [-0.1, -0.05) is 13.8 Å². The molecule has 0 unspecified atom stereocenters. The summed E-state index contributed by atoms with van der Waals surface area (Å²) in [5.41, 5.74) is 2.66. The van der Waals surface area contributed by atoms with Crippen LogP contribution in [0.15, 0.2) is 0 Å². The number of rotatable bonds is 3. The predicted molar refractivity (Wildman–Crippen MR) is 74.9 cm³/mol. The lowest BCUT2D eigenvalue weighted by Crippen LogP contribution is -2.46. The third kappa shape index (κ3) is 2.62. The zero-order chi connectivity index (χ0) is 13.2. The summed E-state index contributed by atoms with van der Waals surface area (Å²) in [5.74, 6) is 1.86. The third-order valence-corrected chi connectivity index (χ3v) is 3.79. The average Bonchev–Trinajstić information content (AvgIpc) is 2.76. The zero-order valence-electron chi connectivity index (χ0n) is 12.0. The number of hydrogen-bond donors (Lipinski definition) is 1. The van der Waals surface area contributed by atoms with Crippen LogP contribution in [0.5, 0.6) is 0 Å². The van der Waals surface area contributed by atoms with Crippen LogP contribution in [0.2, 0.25) is 0 Å². The van der Waals surface area contributed by atoms with Crippen molar-refractivity contribution in [3.05, 3.63) is 17.2 Å². The van der Waals surface area contributed by atoms with Crippen LogP contribution in [-0.4, -0.2) is 42.5 Å². The van der Waals surface area contributed by atoms with Crippen molar-refractivity contribution in [2.75, 3.05) is 37.9 Å². The van der Waals surface area contributed by atoms with E-state index in [1.807, 2.05) is 0 Å². The Labute approximate surface area is 114 Å². The van der Waals surface area contributed by atoms with E-state index in [1.54, 1.807) is 0 Å². The van der Waals surface area contributed by atoms with Crippen LogP contribution in [0.3, 0.4) is 0 Å². The van der Waals surface area contributed by atoms with E-state index < -0.39 is 0 Å². The summed E-state index contributed by atoms with van der Waals surface area (Å²) >= 11 is 0. The van der Waals surface area contributed by atoms with Gasteiger partial charge in [-0.3, -0.25) is 0 Å². The molecule has 0 aromatic carbocycles. The van der Waals surface area contributed by atoms with Crippen molar-refractivity contribution in [1.82, 2.24) is 15.0 Å². The zero-order valence-corrected chi connectivity index (χ0v) is 12.0. The van der Waals surface area contributed by atoms with Crippen molar-refractivity contribution in [2.45, 2.75) is 33.2 Å². The van der Waals surface area contributed by atoms with Crippen molar-refractivity contribution in [1.29, 1.82) is 0 Å². The minimum atomic E-state index is 0.636. The van der Waals surface area contributed by atoms with Gasteiger partial charge in [-0.2, -0.15) is 0 Å². The van der Waals surface area contributed by atoms with Crippen LogP contribution < -0.4 is 10.3 Å². The van der Waals surface area contributed by atoms with Crippen LogP contribution in [0.4, 0.5) is 0 Å². The van der Waals surface area contributed by atoms with Crippen molar-refractivity contribution < 1.29 is 4.74 Å². The lowest BCUT2D eigenvalue weighted by molar-refractivity contribution is 0.110. The lowest BCUT2D eigenvalue weighted by atomic mass is 10.1. The monoisotopic (exact) mass is 264 g/mol. The molecule has 0 saturated carbocycles. The summed E-state index contributed by atoms with van der Waals surface area (Å²) in [7, 11) is 0. The minimum Gasteiger partial charge on any atom is -0.378 e. The van der Waals surface area contributed by atoms with Crippen molar-refractivity contribution >= 4 is 0 Å². The summed E-state index contributed by atoms with van der Waals surface area (Å²) in [5, 5.41) is 5.83. The molecule has 3 heterocycles. The van der Waals surface area contributed by atoms with Gasteiger partial charge >= 0.3 is 0 Å². The second kappa shape index (κ2) is 5.51. The first-order valence-corrected chi connectivity index (χ1v) is 7.38. The highest BCUT2D eigenvalue weighted by atomic mass is 16.5. The van der Waals surface area contributed by atoms with Crippen molar-refractivity contribution in [3.63, 3.8) is 0 Å². The molecular formula is C14H24N4O. The van der Waals surface area contributed by atoms with Crippen molar-refractivity contribution in [3.8, 4) is 0 Å². The van der Waals surface area contributed by atoms with Gasteiger partial charge in [0.25, 0.3) is 0 Å². The average molecular weight is 264 g/mol. The molecular weight excluding hydrogens is 240 g/mol. The number of imidazole rings is 1. The highest BCUT2D eigenvalue weighted by molar-refractivity contribution is 5.23. The molecule has 0 radical (unpaired) electrons. The van der Waals surface area contributed by atoms with Crippen LogP contribution in [0, 0.1) is 5.92 Å². The van der Waals surface area contributed by atoms with Gasteiger partial charge in [0.05, 0.1) is 37.7 Å². The van der Waals surface area contributed by atoms with Crippen molar-refractivity contribution in [2.24, 2.45) is 5.92 Å². The van der Waals surface area contributed by atoms with E-state index in [4.69, 9.17) is 9.72 Å². The second-order valence-electron chi connectivity index (χ2n) is 5.82. The molecule has 2 aliphatic heterocycles. The van der Waals surface area contributed by atoms with Gasteiger partial charge in [0.15, 0.2) is 0 Å². The molecule has 2 aliphatic rings. The summed E-state index contributed by atoms with van der Waals surface area (Å²) < 4.78 is 7.88. The Morgan fingerprint density at radius 3 is 2.84 bits per heavy atom. The van der Waals surface area contributed by atoms with Gasteiger partial charge in [-0.25, -0.2) is 9.66 Å². The molecule has 1 aromatic heterocycles. The molecule has 5 nitrogen and oxygen atoms in total. The molecule has 1 saturated heterocycles. The molecule has 3 rings (SSSR count). The van der Waals surface area contributed by atoms with E-state index in [9.17, 15) is 0 Å². The predicted octanol–water partition coefficient (Wildman–Crippen LogP) is 0.695. The fraction of sp³-hybridized carbons (Fsp3) is 0.786. The maximum absolute atomic E-state index is 5.48. The molecule has 0 bridgehead atoms. The van der Waals surface area contributed by atoms with Crippen LogP contribution in [0.25, 0.3) is 0 Å². The molecule has 1 fully saturated rings. The Bertz CT molecular complexity index is 435. The number of fused-ring (bicyclic) bond motifs is 1. The normalized spacial score (nSPS) is 19.8. The number of hydrogen-bond acceptors (Lipinski definition) is 4. The van der Waals surface area contributed by atoms with Gasteiger partial charge in [0.2, 0.25) is 0 Å². The first kappa shape index (κ1) is 12.9. The number of aromatic nitrogens is 2. The molecule has 1 N–H and O–H groups in total. The van der Waals surface area contributed by atoms with E-state index in [-0.39, 0.29) is 0 Å². The molecule has 19 heavy (non-hydrogen) atoms. The first-order chi connectivity index (χ1) is 9.25. The Morgan fingerprint density at radius 1 is 1.32 bits per heavy atom. The maximum atomic E-state index is 5.48. The number of nitrogens with zero attached hydrogens (tertiary/aromatic N) is 3. The molecule has 0 amide bonds. The van der Waals surface area contributed by atoms with E-state index in [0.29, 0.717) is 5.92 Å². The number of ether oxygens (including phenoxy) is 1. The van der Waals surface area contributed by atoms with Gasteiger partial charge < -0.3 is 15.1 Å². The summed E-state index contributed by atoms with van der Waals surface area (Å²) in [4.78, 5) is 4.88. The van der Waals surface area contributed by atoms with E-state index >= 15 is 0 Å². The largest absolute Gasteiger partial charge is 0.378 e. The highest BCUT2D eigenvalue weighted by Gasteiger charge is 2.24. The van der Waals surface area contributed by atoms with Crippen LogP contribution >= 0.6 is 0 Å². The lowest BCUT2D eigenvalue weighted by Gasteiger charge is -2.33. The quantitative estimate of drug-likeness (QED) is 0.872. The second-order valence-corrected chi connectivity index (χ2v) is 5.82. The molecule has 5 heteroatoms. The Hall–Kier alpha value is -1.07. The topological polar surface area (TPSA) is 42.3 Å². The van der Waals surface area contributed by atoms with Crippen LogP contribution in [-0.2, 0) is 24.1 Å². The van der Waals surface area contributed by atoms with E-state index in [0.717, 1.165) is 52.2 Å². The van der Waals surface area contributed by atoms with Crippen LogP contribution in [0.1, 0.15) is 31.1 Å². The van der Waals surface area contributed by atoms with Gasteiger partial charge in [-0.05, 0) is 5.92 Å². The minimum absolute atomic E-state index is 0.636. The third-order valence-electron chi connectivity index (χ3n) is 3.79. The standard InChI is InChI=1S/C14H24N4O/c1-11(2)9-14-16-12-10-15-4-3-13(12)18(14)17-5-7-19-8-6-17/h11,15H,3-10H2,1-2H3. The molecule has 1 aromatic rings.